The normalized spacial score (nSPS) is 12.2. The van der Waals surface area contributed by atoms with Crippen LogP contribution in [-0.4, -0.2) is 5.25 Å². The number of alkyl halides is 3. The summed E-state index contributed by atoms with van der Waals surface area (Å²) in [5, 5.41) is 0.118. The molecule has 0 aliphatic rings. The summed E-state index contributed by atoms with van der Waals surface area (Å²) in [7, 11) is 0. The fraction of sp³-hybridized carbons (Fsp3) is 0.400. The largest absolute Gasteiger partial charge is 0.416 e. The van der Waals surface area contributed by atoms with Crippen LogP contribution in [0.5, 0.6) is 0 Å². The van der Waals surface area contributed by atoms with Gasteiger partial charge in [-0.2, -0.15) is 13.2 Å². The SMILES string of the molecule is CC(C)Sc1cc(F)cc(C(F)(F)F)c1. The number of rotatable bonds is 2. The van der Waals surface area contributed by atoms with E-state index in [1.807, 2.05) is 13.8 Å². The van der Waals surface area contributed by atoms with E-state index in [-0.39, 0.29) is 5.25 Å². The van der Waals surface area contributed by atoms with Crippen LogP contribution in [-0.2, 0) is 6.18 Å². The van der Waals surface area contributed by atoms with Gasteiger partial charge >= 0.3 is 6.18 Å². The lowest BCUT2D eigenvalue weighted by Gasteiger charge is -2.10. The van der Waals surface area contributed by atoms with Gasteiger partial charge in [0, 0.05) is 10.1 Å². The lowest BCUT2D eigenvalue weighted by Crippen LogP contribution is -2.05. The molecule has 1 aromatic rings. The monoisotopic (exact) mass is 238 g/mol. The maximum absolute atomic E-state index is 12.9. The van der Waals surface area contributed by atoms with Gasteiger partial charge in [-0.25, -0.2) is 4.39 Å². The molecular formula is C10H10F4S. The molecule has 15 heavy (non-hydrogen) atoms. The first-order chi connectivity index (χ1) is 6.79. The summed E-state index contributed by atoms with van der Waals surface area (Å²) in [4.78, 5) is 0.303. The Labute approximate surface area is 89.7 Å². The van der Waals surface area contributed by atoms with E-state index in [4.69, 9.17) is 0 Å². The first-order valence-corrected chi connectivity index (χ1v) is 5.21. The molecule has 0 fully saturated rings. The minimum atomic E-state index is -4.49. The van der Waals surface area contributed by atoms with E-state index in [2.05, 4.69) is 0 Å². The highest BCUT2D eigenvalue weighted by atomic mass is 32.2. The van der Waals surface area contributed by atoms with Crippen LogP contribution in [0.4, 0.5) is 17.6 Å². The quantitative estimate of drug-likeness (QED) is 0.545. The molecule has 0 aliphatic heterocycles. The van der Waals surface area contributed by atoms with Crippen molar-refractivity contribution in [3.05, 3.63) is 29.6 Å². The first-order valence-electron chi connectivity index (χ1n) is 4.33. The minimum Gasteiger partial charge on any atom is -0.207 e. The molecule has 0 aromatic heterocycles. The van der Waals surface area contributed by atoms with Gasteiger partial charge in [0.1, 0.15) is 5.82 Å². The predicted octanol–water partition coefficient (Wildman–Crippen LogP) is 4.35. The third-order valence-corrected chi connectivity index (χ3v) is 2.55. The van der Waals surface area contributed by atoms with E-state index in [9.17, 15) is 17.6 Å². The van der Waals surface area contributed by atoms with Gasteiger partial charge in [-0.15, -0.1) is 11.8 Å². The summed E-state index contributed by atoms with van der Waals surface area (Å²) < 4.78 is 49.8. The lowest BCUT2D eigenvalue weighted by molar-refractivity contribution is -0.137. The molecule has 1 rings (SSSR count). The van der Waals surface area contributed by atoms with Crippen molar-refractivity contribution >= 4 is 11.8 Å². The van der Waals surface area contributed by atoms with Crippen molar-refractivity contribution in [3.8, 4) is 0 Å². The minimum absolute atomic E-state index is 0.118. The highest BCUT2D eigenvalue weighted by molar-refractivity contribution is 7.99. The Morgan fingerprint density at radius 3 is 2.20 bits per heavy atom. The number of hydrogen-bond donors (Lipinski definition) is 0. The summed E-state index contributed by atoms with van der Waals surface area (Å²) >= 11 is 1.20. The van der Waals surface area contributed by atoms with E-state index in [1.54, 1.807) is 0 Å². The maximum atomic E-state index is 12.9. The van der Waals surface area contributed by atoms with E-state index in [1.165, 1.54) is 11.8 Å². The Balaban J connectivity index is 3.06. The van der Waals surface area contributed by atoms with E-state index in [0.717, 1.165) is 12.1 Å². The maximum Gasteiger partial charge on any atom is 0.416 e. The molecule has 0 atom stereocenters. The number of hydrogen-bond acceptors (Lipinski definition) is 1. The van der Waals surface area contributed by atoms with Gasteiger partial charge in [0.25, 0.3) is 0 Å². The van der Waals surface area contributed by atoms with E-state index < -0.39 is 17.6 Å². The highest BCUT2D eigenvalue weighted by Crippen LogP contribution is 2.33. The Kier molecular flexibility index (Phi) is 3.65. The molecular weight excluding hydrogens is 228 g/mol. The van der Waals surface area contributed by atoms with Crippen LogP contribution in [0.1, 0.15) is 19.4 Å². The van der Waals surface area contributed by atoms with Crippen LogP contribution in [0.25, 0.3) is 0 Å². The molecule has 0 radical (unpaired) electrons. The molecule has 0 aliphatic carbocycles. The number of benzene rings is 1. The van der Waals surface area contributed by atoms with Gasteiger partial charge in [-0.1, -0.05) is 13.8 Å². The van der Waals surface area contributed by atoms with E-state index in [0.29, 0.717) is 11.0 Å². The molecule has 0 saturated carbocycles. The lowest BCUT2D eigenvalue weighted by atomic mass is 10.2. The van der Waals surface area contributed by atoms with Gasteiger partial charge < -0.3 is 0 Å². The van der Waals surface area contributed by atoms with Crippen LogP contribution in [0.3, 0.4) is 0 Å². The Hall–Kier alpha value is -0.710. The van der Waals surface area contributed by atoms with Crippen molar-refractivity contribution < 1.29 is 17.6 Å². The molecule has 0 bridgehead atoms. The topological polar surface area (TPSA) is 0 Å². The van der Waals surface area contributed by atoms with Crippen molar-refractivity contribution in [2.45, 2.75) is 30.2 Å². The average molecular weight is 238 g/mol. The molecule has 0 heterocycles. The van der Waals surface area contributed by atoms with Crippen LogP contribution in [0, 0.1) is 5.82 Å². The van der Waals surface area contributed by atoms with Crippen LogP contribution >= 0.6 is 11.8 Å². The second-order valence-electron chi connectivity index (χ2n) is 3.34. The van der Waals surface area contributed by atoms with Crippen molar-refractivity contribution in [2.24, 2.45) is 0 Å². The predicted molar refractivity (Wildman–Crippen MR) is 52.4 cm³/mol. The molecule has 84 valence electrons. The van der Waals surface area contributed by atoms with E-state index >= 15 is 0 Å². The van der Waals surface area contributed by atoms with Crippen molar-refractivity contribution in [2.75, 3.05) is 0 Å². The van der Waals surface area contributed by atoms with Crippen LogP contribution in [0.2, 0.25) is 0 Å². The Morgan fingerprint density at radius 1 is 1.13 bits per heavy atom. The fourth-order valence-corrected chi connectivity index (χ4v) is 1.99. The van der Waals surface area contributed by atoms with Gasteiger partial charge in [0.15, 0.2) is 0 Å². The summed E-state index contributed by atoms with van der Waals surface area (Å²) in [6.07, 6.45) is -4.49. The molecule has 0 amide bonds. The summed E-state index contributed by atoms with van der Waals surface area (Å²) in [6, 6.07) is 2.58. The summed E-state index contributed by atoms with van der Waals surface area (Å²) in [6.45, 7) is 3.67. The molecule has 0 unspecified atom stereocenters. The molecule has 0 saturated heterocycles. The Morgan fingerprint density at radius 2 is 1.73 bits per heavy atom. The van der Waals surface area contributed by atoms with Gasteiger partial charge in [-0.3, -0.25) is 0 Å². The molecule has 0 N–H and O–H groups in total. The summed E-state index contributed by atoms with van der Waals surface area (Å²) in [5.74, 6) is -0.854. The van der Waals surface area contributed by atoms with Crippen molar-refractivity contribution in [1.29, 1.82) is 0 Å². The second-order valence-corrected chi connectivity index (χ2v) is 4.99. The van der Waals surface area contributed by atoms with Gasteiger partial charge in [0.05, 0.1) is 5.56 Å². The third-order valence-electron chi connectivity index (χ3n) is 1.57. The zero-order valence-corrected chi connectivity index (χ0v) is 9.05. The second kappa shape index (κ2) is 4.43. The smallest absolute Gasteiger partial charge is 0.207 e. The summed E-state index contributed by atoms with van der Waals surface area (Å²) in [5.41, 5.74) is -0.939. The standard InChI is InChI=1S/C10H10F4S/c1-6(2)15-9-4-7(10(12,13)14)3-8(11)5-9/h3-6H,1-2H3. The molecule has 0 spiro atoms. The Bertz CT molecular complexity index is 344. The zero-order chi connectivity index (χ0) is 11.6. The number of halogens is 4. The van der Waals surface area contributed by atoms with Gasteiger partial charge in [0.2, 0.25) is 0 Å². The van der Waals surface area contributed by atoms with Crippen LogP contribution in [0.15, 0.2) is 23.1 Å². The first kappa shape index (κ1) is 12.4. The molecule has 0 nitrogen and oxygen atoms in total. The van der Waals surface area contributed by atoms with Crippen molar-refractivity contribution in [1.82, 2.24) is 0 Å². The molecule has 1 aromatic carbocycles. The van der Waals surface area contributed by atoms with Crippen LogP contribution < -0.4 is 0 Å². The third kappa shape index (κ3) is 3.74. The van der Waals surface area contributed by atoms with Crippen molar-refractivity contribution in [3.63, 3.8) is 0 Å². The van der Waals surface area contributed by atoms with Gasteiger partial charge in [-0.05, 0) is 18.2 Å². The average Bonchev–Trinajstić information content (AvgIpc) is 1.99. The number of thioether (sulfide) groups is 1. The molecule has 5 heteroatoms. The zero-order valence-electron chi connectivity index (χ0n) is 8.23. The fourth-order valence-electron chi connectivity index (χ4n) is 1.07. The highest BCUT2D eigenvalue weighted by Gasteiger charge is 2.31.